The maximum atomic E-state index is 3.71. The molecule has 0 rings (SSSR count). The molecule has 0 aliphatic carbocycles. The summed E-state index contributed by atoms with van der Waals surface area (Å²) in [6.07, 6.45) is 14.0. The number of hydrogen-bond donors (Lipinski definition) is 0. The van der Waals surface area contributed by atoms with Crippen molar-refractivity contribution in [1.29, 1.82) is 0 Å². The van der Waals surface area contributed by atoms with E-state index in [0.29, 0.717) is 0 Å². The molecule has 0 saturated heterocycles. The van der Waals surface area contributed by atoms with Crippen LogP contribution in [0.15, 0.2) is 0 Å². The van der Waals surface area contributed by atoms with Gasteiger partial charge in [-0.15, -0.1) is 0 Å². The van der Waals surface area contributed by atoms with Crippen molar-refractivity contribution in [3.63, 3.8) is 0 Å². The number of rotatable bonds is 15. The minimum atomic E-state index is 0. The van der Waals surface area contributed by atoms with Crippen molar-refractivity contribution >= 4 is 15.9 Å². The number of quaternary nitrogens is 1. The summed E-state index contributed by atoms with van der Waals surface area (Å²) < 4.78 is 1.38. The largest absolute Gasteiger partial charge is 1.00 e. The topological polar surface area (TPSA) is 0 Å². The number of hydrogen-bond acceptors (Lipinski definition) is 0. The maximum Gasteiger partial charge on any atom is 0.0885 e. The normalized spacial score (nSPS) is 11.4. The number of unbranched alkanes of at least 4 members (excludes halogenated alkanes) is 7. The van der Waals surface area contributed by atoms with E-state index in [0.717, 1.165) is 5.33 Å². The summed E-state index contributed by atoms with van der Waals surface area (Å²) in [5.74, 6) is 0. The minimum absolute atomic E-state index is 0. The molecule has 0 heterocycles. The third kappa shape index (κ3) is 13.3. The molecule has 0 aromatic rings. The van der Waals surface area contributed by atoms with Crippen molar-refractivity contribution in [3.05, 3.63) is 0 Å². The Kier molecular flexibility index (Phi) is 20.4. The first-order valence-electron chi connectivity index (χ1n) is 9.15. The third-order valence-corrected chi connectivity index (χ3v) is 4.87. The van der Waals surface area contributed by atoms with Gasteiger partial charge in [-0.3, -0.25) is 0 Å². The Morgan fingerprint density at radius 3 is 1.38 bits per heavy atom. The lowest BCUT2D eigenvalue weighted by Crippen LogP contribution is -3.00. The molecular formula is C18H39BrIN. The highest BCUT2D eigenvalue weighted by Gasteiger charge is 2.24. The molecule has 1 nitrogen and oxygen atoms in total. The second-order valence-electron chi connectivity index (χ2n) is 6.40. The van der Waals surface area contributed by atoms with Crippen molar-refractivity contribution < 1.29 is 28.5 Å². The molecule has 0 unspecified atom stereocenters. The van der Waals surface area contributed by atoms with Gasteiger partial charge in [0.2, 0.25) is 0 Å². The van der Waals surface area contributed by atoms with Gasteiger partial charge in [0.1, 0.15) is 0 Å². The van der Waals surface area contributed by atoms with E-state index in [1.165, 1.54) is 94.9 Å². The van der Waals surface area contributed by atoms with Crippen LogP contribution >= 0.6 is 15.9 Å². The van der Waals surface area contributed by atoms with Gasteiger partial charge in [0.15, 0.2) is 0 Å². The monoisotopic (exact) mass is 475 g/mol. The van der Waals surface area contributed by atoms with E-state index in [1.54, 1.807) is 0 Å². The minimum Gasteiger partial charge on any atom is -1.00 e. The van der Waals surface area contributed by atoms with Crippen LogP contribution in [0.1, 0.15) is 85.0 Å². The van der Waals surface area contributed by atoms with Crippen molar-refractivity contribution in [2.24, 2.45) is 0 Å². The van der Waals surface area contributed by atoms with Crippen LogP contribution in [0.2, 0.25) is 0 Å². The summed E-state index contributed by atoms with van der Waals surface area (Å²) in [5, 5.41) is 1.16. The summed E-state index contributed by atoms with van der Waals surface area (Å²) in [4.78, 5) is 0. The van der Waals surface area contributed by atoms with Crippen LogP contribution in [0.3, 0.4) is 0 Å². The van der Waals surface area contributed by atoms with Gasteiger partial charge in [0.05, 0.1) is 31.5 Å². The van der Waals surface area contributed by atoms with Crippen LogP contribution in [0, 0.1) is 0 Å². The molecule has 0 N–H and O–H groups in total. The first-order valence-corrected chi connectivity index (χ1v) is 10.3. The predicted molar refractivity (Wildman–Crippen MR) is 96.7 cm³/mol. The van der Waals surface area contributed by atoms with Crippen LogP contribution in [-0.2, 0) is 0 Å². The van der Waals surface area contributed by atoms with Gasteiger partial charge in [-0.05, 0) is 32.1 Å². The van der Waals surface area contributed by atoms with Crippen molar-refractivity contribution in [2.45, 2.75) is 85.0 Å². The standard InChI is InChI=1S/C18H39BrN.HI/c1-4-7-10-12-16-20(18-14-19,15-9-6-3)17-13-11-8-5-2;/h4-18H2,1-3H3;1H/q+1;/p-1. The van der Waals surface area contributed by atoms with Gasteiger partial charge in [-0.25, -0.2) is 0 Å². The smallest absolute Gasteiger partial charge is 0.0885 e. The van der Waals surface area contributed by atoms with Crippen molar-refractivity contribution in [1.82, 2.24) is 0 Å². The van der Waals surface area contributed by atoms with E-state index in [1.807, 2.05) is 0 Å². The van der Waals surface area contributed by atoms with E-state index in [4.69, 9.17) is 0 Å². The Labute approximate surface area is 160 Å². The molecule has 0 aliphatic rings. The van der Waals surface area contributed by atoms with Crippen molar-refractivity contribution in [2.75, 3.05) is 31.5 Å². The molecule has 0 fully saturated rings. The lowest BCUT2D eigenvalue weighted by Gasteiger charge is -2.39. The molecule has 0 atom stereocenters. The molecule has 0 amide bonds. The first kappa shape index (κ1) is 24.4. The Balaban J connectivity index is 0. The van der Waals surface area contributed by atoms with Gasteiger partial charge >= 0.3 is 0 Å². The van der Waals surface area contributed by atoms with Gasteiger partial charge in [0, 0.05) is 0 Å². The molecule has 0 spiro atoms. The van der Waals surface area contributed by atoms with E-state index in [2.05, 4.69) is 36.7 Å². The van der Waals surface area contributed by atoms with E-state index >= 15 is 0 Å². The zero-order valence-corrected chi connectivity index (χ0v) is 18.6. The summed E-state index contributed by atoms with van der Waals surface area (Å²) in [6, 6.07) is 0. The van der Waals surface area contributed by atoms with E-state index in [9.17, 15) is 0 Å². The molecule has 0 radical (unpaired) electrons. The average Bonchev–Trinajstić information content (AvgIpc) is 2.46. The number of nitrogens with zero attached hydrogens (tertiary/aromatic N) is 1. The maximum absolute atomic E-state index is 3.71. The molecule has 130 valence electrons. The fourth-order valence-electron chi connectivity index (χ4n) is 3.09. The summed E-state index contributed by atoms with van der Waals surface area (Å²) in [6.45, 7) is 12.5. The highest BCUT2D eigenvalue weighted by Crippen LogP contribution is 2.17. The Hall–Kier alpha value is 1.17. The number of alkyl halides is 1. The fraction of sp³-hybridized carbons (Fsp3) is 1.00. The van der Waals surface area contributed by atoms with Gasteiger partial charge in [0.25, 0.3) is 0 Å². The molecule has 0 saturated carbocycles. The van der Waals surface area contributed by atoms with Crippen LogP contribution in [-0.4, -0.2) is 36.0 Å². The Morgan fingerprint density at radius 1 is 0.571 bits per heavy atom. The second kappa shape index (κ2) is 17.5. The van der Waals surface area contributed by atoms with Crippen LogP contribution in [0.5, 0.6) is 0 Å². The van der Waals surface area contributed by atoms with Crippen molar-refractivity contribution in [3.8, 4) is 0 Å². The molecule has 0 aromatic heterocycles. The lowest BCUT2D eigenvalue weighted by atomic mass is 10.1. The molecule has 3 heteroatoms. The summed E-state index contributed by atoms with van der Waals surface area (Å²) in [7, 11) is 0. The van der Waals surface area contributed by atoms with E-state index in [-0.39, 0.29) is 24.0 Å². The van der Waals surface area contributed by atoms with Gasteiger partial charge in [-0.2, -0.15) is 0 Å². The third-order valence-electron chi connectivity index (χ3n) is 4.52. The highest BCUT2D eigenvalue weighted by molar-refractivity contribution is 9.09. The van der Waals surface area contributed by atoms with Gasteiger partial charge < -0.3 is 28.5 Å². The molecule has 0 bridgehead atoms. The molecule has 0 aromatic carbocycles. The van der Waals surface area contributed by atoms with Gasteiger partial charge in [-0.1, -0.05) is 68.8 Å². The average molecular weight is 476 g/mol. The fourth-order valence-corrected chi connectivity index (χ4v) is 3.84. The molecule has 21 heavy (non-hydrogen) atoms. The predicted octanol–water partition coefficient (Wildman–Crippen LogP) is 3.16. The van der Waals surface area contributed by atoms with Crippen LogP contribution < -0.4 is 24.0 Å². The highest BCUT2D eigenvalue weighted by atomic mass is 127. The summed E-state index contributed by atoms with van der Waals surface area (Å²) in [5.41, 5.74) is 0. The molecule has 0 aliphatic heterocycles. The molecular weight excluding hydrogens is 437 g/mol. The van der Waals surface area contributed by atoms with Crippen LogP contribution in [0.4, 0.5) is 0 Å². The lowest BCUT2D eigenvalue weighted by molar-refractivity contribution is -0.926. The second-order valence-corrected chi connectivity index (χ2v) is 7.19. The van der Waals surface area contributed by atoms with Crippen LogP contribution in [0.25, 0.3) is 0 Å². The SMILES string of the molecule is CCCCCC[N+](CCBr)(CCCC)CCCCCC.[I-]. The van der Waals surface area contributed by atoms with E-state index < -0.39 is 0 Å². The first-order chi connectivity index (χ1) is 9.74. The zero-order chi connectivity index (χ0) is 15.1. The Morgan fingerprint density at radius 2 is 1.00 bits per heavy atom. The quantitative estimate of drug-likeness (QED) is 0.148. The zero-order valence-electron chi connectivity index (χ0n) is 14.8. The number of halogens is 2. The Bertz CT molecular complexity index is 188. The summed E-state index contributed by atoms with van der Waals surface area (Å²) >= 11 is 3.71.